The molecule has 0 bridgehead atoms. The monoisotopic (exact) mass is 306 g/mol. The lowest BCUT2D eigenvalue weighted by atomic mass is 10.1. The topological polar surface area (TPSA) is 37.9 Å². The third-order valence-corrected chi connectivity index (χ3v) is 4.49. The number of aryl methyl sites for hydroxylation is 2. The van der Waals surface area contributed by atoms with Gasteiger partial charge in [-0.2, -0.15) is 0 Å². The summed E-state index contributed by atoms with van der Waals surface area (Å²) in [5.41, 5.74) is 4.23. The molecule has 0 aliphatic carbocycles. The lowest BCUT2D eigenvalue weighted by Gasteiger charge is -2.11. The van der Waals surface area contributed by atoms with Gasteiger partial charge in [-0.25, -0.2) is 9.13 Å². The minimum atomic E-state index is 0.140. The van der Waals surface area contributed by atoms with Crippen molar-refractivity contribution < 1.29 is 9.36 Å². The Morgan fingerprint density at radius 1 is 1.17 bits per heavy atom. The van der Waals surface area contributed by atoms with Crippen LogP contribution in [-0.4, -0.2) is 16.9 Å². The zero-order valence-corrected chi connectivity index (χ0v) is 13.2. The van der Waals surface area contributed by atoms with Crippen molar-refractivity contribution in [2.45, 2.75) is 26.4 Å². The molecular weight excluding hydrogens is 286 g/mol. The Morgan fingerprint density at radius 2 is 1.96 bits per heavy atom. The average molecular weight is 306 g/mol. The van der Waals surface area contributed by atoms with E-state index in [9.17, 15) is 4.79 Å². The van der Waals surface area contributed by atoms with Gasteiger partial charge < -0.3 is 0 Å². The van der Waals surface area contributed by atoms with Crippen LogP contribution < -0.4 is 9.88 Å². The Balaban J connectivity index is 1.76. The van der Waals surface area contributed by atoms with Crippen molar-refractivity contribution in [1.82, 2.24) is 4.57 Å². The predicted molar refractivity (Wildman–Crippen MR) is 90.7 cm³/mol. The molecule has 2 heterocycles. The number of carbonyl (C=O) groups excluding carboxylic acids is 1. The molecule has 0 amide bonds. The van der Waals surface area contributed by atoms with Crippen LogP contribution in [0.2, 0.25) is 0 Å². The first-order valence-corrected chi connectivity index (χ1v) is 8.09. The Labute approximate surface area is 135 Å². The summed E-state index contributed by atoms with van der Waals surface area (Å²) in [5.74, 6) is 1.18. The third-order valence-electron chi connectivity index (χ3n) is 4.49. The molecule has 0 radical (unpaired) electrons. The van der Waals surface area contributed by atoms with Crippen LogP contribution in [0.25, 0.3) is 11.0 Å². The number of ketones is 1. The fourth-order valence-corrected chi connectivity index (χ4v) is 3.28. The largest absolute Gasteiger partial charge is 0.358 e. The molecule has 4 heteroatoms. The second-order valence-electron chi connectivity index (χ2n) is 6.12. The van der Waals surface area contributed by atoms with Gasteiger partial charge in [0.2, 0.25) is 0 Å². The Bertz CT molecular complexity index is 878. The lowest BCUT2D eigenvalue weighted by Crippen LogP contribution is -2.42. The van der Waals surface area contributed by atoms with Gasteiger partial charge in [0.15, 0.2) is 5.78 Å². The highest BCUT2D eigenvalue weighted by Gasteiger charge is 2.27. The number of para-hydroxylation sites is 2. The van der Waals surface area contributed by atoms with Gasteiger partial charge in [-0.3, -0.25) is 10.1 Å². The maximum atomic E-state index is 12.7. The normalized spacial score (nSPS) is 13.6. The highest BCUT2D eigenvalue weighted by atomic mass is 16.1. The summed E-state index contributed by atoms with van der Waals surface area (Å²) in [6.07, 6.45) is 1.11. The van der Waals surface area contributed by atoms with Crippen LogP contribution in [0.5, 0.6) is 0 Å². The van der Waals surface area contributed by atoms with Gasteiger partial charge >= 0.3 is 5.95 Å². The lowest BCUT2D eigenvalue weighted by molar-refractivity contribution is -0.661. The smallest absolute Gasteiger partial charge is 0.291 e. The number of aromatic nitrogens is 2. The number of anilines is 1. The fraction of sp³-hybridized carbons (Fsp3) is 0.263. The van der Waals surface area contributed by atoms with Crippen molar-refractivity contribution in [2.75, 3.05) is 11.9 Å². The van der Waals surface area contributed by atoms with E-state index >= 15 is 0 Å². The van der Waals surface area contributed by atoms with E-state index in [4.69, 9.17) is 0 Å². The SMILES string of the molecule is Cc1ccc(C(=O)Cn2c3[n+](c4ccccc42)CCCN3)cc1. The molecule has 0 saturated carbocycles. The van der Waals surface area contributed by atoms with Gasteiger partial charge in [0.05, 0.1) is 13.1 Å². The molecule has 0 atom stereocenters. The van der Waals surface area contributed by atoms with Gasteiger partial charge in [0.1, 0.15) is 17.6 Å². The molecule has 2 aromatic carbocycles. The van der Waals surface area contributed by atoms with Crippen molar-refractivity contribution in [1.29, 1.82) is 0 Å². The van der Waals surface area contributed by atoms with Gasteiger partial charge in [-0.1, -0.05) is 42.0 Å². The number of imidazole rings is 1. The summed E-state index contributed by atoms with van der Waals surface area (Å²) in [7, 11) is 0. The first-order chi connectivity index (χ1) is 11.2. The zero-order valence-electron chi connectivity index (χ0n) is 13.2. The molecule has 1 aliphatic rings. The Morgan fingerprint density at radius 3 is 2.78 bits per heavy atom. The number of nitrogens with zero attached hydrogens (tertiary/aromatic N) is 2. The number of Topliss-reactive ketones (excluding diaryl/α,β-unsaturated/α-hetero) is 1. The molecule has 3 aromatic rings. The van der Waals surface area contributed by atoms with E-state index in [-0.39, 0.29) is 5.78 Å². The minimum absolute atomic E-state index is 0.140. The van der Waals surface area contributed by atoms with Crippen molar-refractivity contribution >= 4 is 22.8 Å². The number of rotatable bonds is 3. The van der Waals surface area contributed by atoms with Gasteiger partial charge in [-0.15, -0.1) is 0 Å². The summed E-state index contributed by atoms with van der Waals surface area (Å²) in [5, 5.41) is 3.46. The summed E-state index contributed by atoms with van der Waals surface area (Å²) < 4.78 is 4.39. The molecule has 4 rings (SSSR count). The summed E-state index contributed by atoms with van der Waals surface area (Å²) >= 11 is 0. The summed E-state index contributed by atoms with van der Waals surface area (Å²) in [4.78, 5) is 12.7. The molecule has 1 aliphatic heterocycles. The number of fused-ring (bicyclic) bond motifs is 3. The van der Waals surface area contributed by atoms with Crippen LogP contribution >= 0.6 is 0 Å². The number of nitrogens with one attached hydrogen (secondary N) is 1. The van der Waals surface area contributed by atoms with Gasteiger partial charge in [0.25, 0.3) is 0 Å². The van der Waals surface area contributed by atoms with Crippen LogP contribution in [0.15, 0.2) is 48.5 Å². The van der Waals surface area contributed by atoms with Crippen LogP contribution in [0.4, 0.5) is 5.95 Å². The van der Waals surface area contributed by atoms with Crippen molar-refractivity contribution in [3.8, 4) is 0 Å². The summed E-state index contributed by atoms with van der Waals surface area (Å²) in [6, 6.07) is 16.1. The van der Waals surface area contributed by atoms with E-state index in [1.807, 2.05) is 37.3 Å². The van der Waals surface area contributed by atoms with Gasteiger partial charge in [-0.05, 0) is 19.1 Å². The first-order valence-electron chi connectivity index (χ1n) is 8.09. The molecule has 0 spiro atoms. The maximum absolute atomic E-state index is 12.7. The molecule has 4 nitrogen and oxygen atoms in total. The van der Waals surface area contributed by atoms with Crippen LogP contribution in [0, 0.1) is 6.92 Å². The van der Waals surface area contributed by atoms with Crippen LogP contribution in [-0.2, 0) is 13.1 Å². The average Bonchev–Trinajstić information content (AvgIpc) is 2.90. The molecule has 1 aromatic heterocycles. The second kappa shape index (κ2) is 5.54. The Hall–Kier alpha value is -2.62. The molecule has 23 heavy (non-hydrogen) atoms. The standard InChI is InChI=1S/C19H19N3O/c1-14-7-9-15(10-8-14)18(23)13-22-17-6-3-2-5-16(17)21-12-4-11-20-19(21)22/h2-3,5-10H,4,11-13H2,1H3/p+1. The highest BCUT2D eigenvalue weighted by Crippen LogP contribution is 2.21. The zero-order chi connectivity index (χ0) is 15.8. The van der Waals surface area contributed by atoms with Crippen LogP contribution in [0.1, 0.15) is 22.3 Å². The van der Waals surface area contributed by atoms with Gasteiger partial charge in [0, 0.05) is 12.0 Å². The molecule has 0 saturated heterocycles. The minimum Gasteiger partial charge on any atom is -0.291 e. The number of benzene rings is 2. The number of hydrogen-bond acceptors (Lipinski definition) is 2. The van der Waals surface area contributed by atoms with E-state index in [2.05, 4.69) is 32.7 Å². The van der Waals surface area contributed by atoms with E-state index < -0.39 is 0 Å². The van der Waals surface area contributed by atoms with Crippen LogP contribution in [0.3, 0.4) is 0 Å². The third kappa shape index (κ3) is 2.40. The Kier molecular flexibility index (Phi) is 3.37. The van der Waals surface area contributed by atoms with E-state index in [0.29, 0.717) is 6.54 Å². The summed E-state index contributed by atoms with van der Waals surface area (Å²) in [6.45, 7) is 4.34. The predicted octanol–water partition coefficient (Wildman–Crippen LogP) is 2.94. The molecule has 0 fully saturated rings. The van der Waals surface area contributed by atoms with E-state index in [0.717, 1.165) is 36.5 Å². The van der Waals surface area contributed by atoms with E-state index in [1.54, 1.807) is 0 Å². The molecular formula is C19H20N3O+. The fourth-order valence-electron chi connectivity index (χ4n) is 3.28. The maximum Gasteiger partial charge on any atom is 0.358 e. The van der Waals surface area contributed by atoms with Crippen molar-refractivity contribution in [3.63, 3.8) is 0 Å². The number of carbonyl (C=O) groups is 1. The van der Waals surface area contributed by atoms with E-state index in [1.165, 1.54) is 11.1 Å². The quantitative estimate of drug-likeness (QED) is 0.597. The molecule has 0 unspecified atom stereocenters. The van der Waals surface area contributed by atoms with Crippen molar-refractivity contribution in [2.24, 2.45) is 0 Å². The van der Waals surface area contributed by atoms with Crippen molar-refractivity contribution in [3.05, 3.63) is 59.7 Å². The molecule has 116 valence electrons. The molecule has 1 N–H and O–H groups in total. The first kappa shape index (κ1) is 14.0. The number of hydrogen-bond donors (Lipinski definition) is 1. The second-order valence-corrected chi connectivity index (χ2v) is 6.12. The highest BCUT2D eigenvalue weighted by molar-refractivity contribution is 5.96.